The number of amides is 2. The number of aliphatic hydroxyl groups excluding tert-OH is 1. The number of likely N-dealkylation sites (tertiary alicyclic amines) is 1. The Morgan fingerprint density at radius 1 is 1.19 bits per heavy atom. The zero-order valence-electron chi connectivity index (χ0n) is 15.4. The molecule has 27 heavy (non-hydrogen) atoms. The highest BCUT2D eigenvalue weighted by Crippen LogP contribution is 2.52. The van der Waals surface area contributed by atoms with Crippen LogP contribution in [-0.2, 0) is 4.79 Å². The first-order chi connectivity index (χ1) is 13.1. The molecule has 2 aliphatic heterocycles. The molecule has 6 heteroatoms. The van der Waals surface area contributed by atoms with Crippen molar-refractivity contribution in [2.24, 2.45) is 17.8 Å². The van der Waals surface area contributed by atoms with Crippen molar-refractivity contribution in [3.05, 3.63) is 29.8 Å². The maximum atomic E-state index is 13.1. The lowest BCUT2D eigenvalue weighted by molar-refractivity contribution is -0.157. The van der Waals surface area contributed by atoms with Gasteiger partial charge < -0.3 is 20.1 Å². The minimum atomic E-state index is -0.663. The molecule has 3 saturated carbocycles. The van der Waals surface area contributed by atoms with Gasteiger partial charge in [0, 0.05) is 31.3 Å². The monoisotopic (exact) mass is 370 g/mol. The summed E-state index contributed by atoms with van der Waals surface area (Å²) >= 11 is 0. The number of hydrogen-bond acceptors (Lipinski definition) is 4. The number of ether oxygens (including phenoxy) is 1. The highest BCUT2D eigenvalue weighted by molar-refractivity contribution is 5.98. The Balaban J connectivity index is 1.35. The minimum Gasteiger partial charge on any atom is -0.467 e. The fourth-order valence-electron chi connectivity index (χ4n) is 5.58. The summed E-state index contributed by atoms with van der Waals surface area (Å²) in [7, 11) is 0. The second-order valence-electron chi connectivity index (χ2n) is 8.58. The normalized spacial score (nSPS) is 35.5. The number of carbonyl (C=O) groups excluding carboxylic acids is 2. The summed E-state index contributed by atoms with van der Waals surface area (Å²) in [6.45, 7) is 1.30. The van der Waals surface area contributed by atoms with Gasteiger partial charge in [-0.3, -0.25) is 9.59 Å². The third-order valence-electron chi connectivity index (χ3n) is 7.06. The first kappa shape index (κ1) is 17.0. The lowest BCUT2D eigenvalue weighted by Crippen LogP contribution is -2.67. The lowest BCUT2D eigenvalue weighted by Gasteiger charge is -2.55. The van der Waals surface area contributed by atoms with E-state index >= 15 is 0 Å². The fraction of sp³-hybridized carbons (Fsp3) is 0.619. The predicted molar refractivity (Wildman–Crippen MR) is 98.0 cm³/mol. The number of hydrogen-bond donors (Lipinski definition) is 2. The molecule has 6 rings (SSSR count). The van der Waals surface area contributed by atoms with Gasteiger partial charge >= 0.3 is 0 Å². The van der Waals surface area contributed by atoms with Crippen molar-refractivity contribution in [1.29, 1.82) is 0 Å². The Kier molecular flexibility index (Phi) is 3.93. The average Bonchev–Trinajstić information content (AvgIpc) is 2.68. The first-order valence-corrected chi connectivity index (χ1v) is 10.1. The van der Waals surface area contributed by atoms with Gasteiger partial charge in [0.15, 0.2) is 5.72 Å². The maximum Gasteiger partial charge on any atom is 0.258 e. The molecule has 6 nitrogen and oxygen atoms in total. The van der Waals surface area contributed by atoms with E-state index in [1.807, 2.05) is 23.1 Å². The van der Waals surface area contributed by atoms with Gasteiger partial charge in [0.2, 0.25) is 5.91 Å². The first-order valence-electron chi connectivity index (χ1n) is 10.1. The summed E-state index contributed by atoms with van der Waals surface area (Å²) < 4.78 is 6.36. The number of rotatable bonds is 1. The van der Waals surface area contributed by atoms with Crippen LogP contribution in [0, 0.1) is 17.8 Å². The molecule has 0 aromatic heterocycles. The van der Waals surface area contributed by atoms with Gasteiger partial charge in [0.05, 0.1) is 11.7 Å². The summed E-state index contributed by atoms with van der Waals surface area (Å²) in [6, 6.07) is 7.38. The van der Waals surface area contributed by atoms with Crippen molar-refractivity contribution in [3.8, 4) is 5.75 Å². The van der Waals surface area contributed by atoms with E-state index in [2.05, 4.69) is 5.32 Å². The molecule has 4 atom stereocenters. The summed E-state index contributed by atoms with van der Waals surface area (Å²) in [5.74, 6) is 1.22. The summed E-state index contributed by atoms with van der Waals surface area (Å²) in [5.41, 5.74) is -0.0764. The number of aliphatic hydroxyl groups is 1. The molecule has 4 fully saturated rings. The molecule has 2 amide bonds. The van der Waals surface area contributed by atoms with Crippen molar-refractivity contribution >= 4 is 11.8 Å². The van der Waals surface area contributed by atoms with Crippen molar-refractivity contribution in [1.82, 2.24) is 10.2 Å². The Bertz CT molecular complexity index is 773. The van der Waals surface area contributed by atoms with E-state index in [1.165, 1.54) is 0 Å². The van der Waals surface area contributed by atoms with E-state index in [4.69, 9.17) is 4.74 Å². The number of nitrogens with zero attached hydrogens (tertiary/aromatic N) is 1. The van der Waals surface area contributed by atoms with Gasteiger partial charge in [-0.05, 0) is 50.2 Å². The van der Waals surface area contributed by atoms with Gasteiger partial charge in [0.25, 0.3) is 5.91 Å². The van der Waals surface area contributed by atoms with Gasteiger partial charge in [0.1, 0.15) is 5.75 Å². The van der Waals surface area contributed by atoms with Crippen LogP contribution in [0.25, 0.3) is 0 Å². The standard InChI is InChI=1S/C21H26N2O4/c24-15-7-9-23(10-8-15)20(26)17-11-14-6-5-13(17)12-21(14)22-19(25)16-3-1-2-4-18(16)27-21/h1-4,13-15,17,24H,5-12H2,(H,22,25)/t13-,14+,17+,21-/m1/s1. The van der Waals surface area contributed by atoms with Gasteiger partial charge in [-0.15, -0.1) is 0 Å². The van der Waals surface area contributed by atoms with Crippen molar-refractivity contribution < 1.29 is 19.4 Å². The van der Waals surface area contributed by atoms with E-state index in [-0.39, 0.29) is 35.7 Å². The maximum absolute atomic E-state index is 13.1. The van der Waals surface area contributed by atoms with Gasteiger partial charge in [-0.1, -0.05) is 12.1 Å². The Morgan fingerprint density at radius 2 is 1.96 bits per heavy atom. The van der Waals surface area contributed by atoms with Gasteiger partial charge in [-0.2, -0.15) is 0 Å². The molecule has 2 N–H and O–H groups in total. The lowest BCUT2D eigenvalue weighted by atomic mass is 9.59. The minimum absolute atomic E-state index is 0.0160. The van der Waals surface area contributed by atoms with Crippen molar-refractivity contribution in [3.63, 3.8) is 0 Å². The second-order valence-corrected chi connectivity index (χ2v) is 8.58. The third kappa shape index (κ3) is 2.73. The fourth-order valence-corrected chi connectivity index (χ4v) is 5.58. The number of piperidine rings is 1. The molecule has 1 aromatic rings. The van der Waals surface area contributed by atoms with E-state index < -0.39 is 5.72 Å². The highest BCUT2D eigenvalue weighted by atomic mass is 16.5. The van der Waals surface area contributed by atoms with Crippen LogP contribution in [0.2, 0.25) is 0 Å². The third-order valence-corrected chi connectivity index (χ3v) is 7.06. The molecule has 2 heterocycles. The summed E-state index contributed by atoms with van der Waals surface area (Å²) in [4.78, 5) is 27.7. The summed E-state index contributed by atoms with van der Waals surface area (Å²) in [6.07, 6.45) is 4.54. The van der Waals surface area contributed by atoms with Crippen LogP contribution in [0.3, 0.4) is 0 Å². The van der Waals surface area contributed by atoms with Crippen LogP contribution in [0.1, 0.15) is 48.9 Å². The number of para-hydroxylation sites is 1. The molecule has 2 bridgehead atoms. The van der Waals surface area contributed by atoms with Crippen LogP contribution in [-0.4, -0.2) is 46.7 Å². The van der Waals surface area contributed by atoms with Crippen molar-refractivity contribution in [2.75, 3.05) is 13.1 Å². The Morgan fingerprint density at radius 3 is 2.70 bits per heavy atom. The smallest absolute Gasteiger partial charge is 0.258 e. The van der Waals surface area contributed by atoms with E-state index in [0.29, 0.717) is 43.7 Å². The number of fused-ring (bicyclic) bond motifs is 3. The molecular weight excluding hydrogens is 344 g/mol. The van der Waals surface area contributed by atoms with Crippen molar-refractivity contribution in [2.45, 2.75) is 50.4 Å². The molecule has 144 valence electrons. The Hall–Kier alpha value is -2.08. The van der Waals surface area contributed by atoms with Crippen LogP contribution in [0.5, 0.6) is 5.75 Å². The molecule has 0 unspecified atom stereocenters. The predicted octanol–water partition coefficient (Wildman–Crippen LogP) is 1.92. The molecule has 5 aliphatic rings. The molecule has 1 spiro atoms. The molecule has 1 aromatic carbocycles. The van der Waals surface area contributed by atoms with Crippen LogP contribution in [0.4, 0.5) is 0 Å². The van der Waals surface area contributed by atoms with Crippen LogP contribution < -0.4 is 10.1 Å². The zero-order valence-corrected chi connectivity index (χ0v) is 15.4. The van der Waals surface area contributed by atoms with E-state index in [9.17, 15) is 14.7 Å². The van der Waals surface area contributed by atoms with Crippen LogP contribution >= 0.6 is 0 Å². The number of nitrogens with one attached hydrogen (secondary N) is 1. The van der Waals surface area contributed by atoms with Crippen LogP contribution in [0.15, 0.2) is 24.3 Å². The quantitative estimate of drug-likeness (QED) is 0.792. The van der Waals surface area contributed by atoms with E-state index in [1.54, 1.807) is 6.07 Å². The SMILES string of the molecule is O=C1N[C@]2(C[C@H]3CC[C@H]2C[C@@H]3C(=O)N2CCC(O)CC2)Oc2ccccc21. The zero-order chi connectivity index (χ0) is 18.6. The molecule has 0 radical (unpaired) electrons. The van der Waals surface area contributed by atoms with E-state index in [0.717, 1.165) is 19.3 Å². The number of benzene rings is 1. The average molecular weight is 370 g/mol. The molecular formula is C21H26N2O4. The highest BCUT2D eigenvalue weighted by Gasteiger charge is 2.57. The topological polar surface area (TPSA) is 78.9 Å². The largest absolute Gasteiger partial charge is 0.467 e. The van der Waals surface area contributed by atoms with Gasteiger partial charge in [-0.25, -0.2) is 0 Å². The summed E-state index contributed by atoms with van der Waals surface area (Å²) in [5, 5.41) is 12.8. The molecule has 3 aliphatic carbocycles. The second kappa shape index (κ2) is 6.23. The molecule has 1 saturated heterocycles. The number of carbonyl (C=O) groups is 2. The Labute approximate surface area is 158 Å².